The van der Waals surface area contributed by atoms with E-state index in [2.05, 4.69) is 6.92 Å². The normalized spacial score (nSPS) is 16.9. The molecule has 1 aromatic carbocycles. The van der Waals surface area contributed by atoms with Crippen molar-refractivity contribution in [2.75, 3.05) is 18.8 Å². The van der Waals surface area contributed by atoms with Gasteiger partial charge in [0.05, 0.1) is 5.75 Å². The third-order valence-corrected chi connectivity index (χ3v) is 4.56. The van der Waals surface area contributed by atoms with Crippen molar-refractivity contribution >= 4 is 29.3 Å². The Morgan fingerprint density at radius 2 is 1.94 bits per heavy atom. The van der Waals surface area contributed by atoms with Crippen LogP contribution in [0.1, 0.15) is 19.8 Å². The zero-order chi connectivity index (χ0) is 13.0. The number of carbonyl (C=O) groups is 1. The molecule has 1 heterocycles. The van der Waals surface area contributed by atoms with Crippen molar-refractivity contribution in [3.63, 3.8) is 0 Å². The second kappa shape index (κ2) is 6.48. The summed E-state index contributed by atoms with van der Waals surface area (Å²) in [5.74, 6) is 1.54. The molecule has 1 saturated heterocycles. The van der Waals surface area contributed by atoms with E-state index in [1.807, 2.05) is 29.2 Å². The van der Waals surface area contributed by atoms with Crippen LogP contribution in [-0.2, 0) is 4.79 Å². The van der Waals surface area contributed by atoms with Crippen LogP contribution in [0.2, 0.25) is 5.02 Å². The Bertz CT molecular complexity index is 399. The fraction of sp³-hybridized carbons (Fsp3) is 0.500. The molecule has 98 valence electrons. The summed E-state index contributed by atoms with van der Waals surface area (Å²) >= 11 is 7.41. The molecule has 0 radical (unpaired) electrons. The molecule has 4 heteroatoms. The predicted molar refractivity (Wildman–Crippen MR) is 77.2 cm³/mol. The average molecular weight is 284 g/mol. The van der Waals surface area contributed by atoms with Gasteiger partial charge < -0.3 is 4.90 Å². The van der Waals surface area contributed by atoms with Gasteiger partial charge in [0.15, 0.2) is 0 Å². The molecular formula is C14H18ClNOS. The number of halogens is 1. The minimum atomic E-state index is 0.252. The van der Waals surface area contributed by atoms with Gasteiger partial charge in [-0.15, -0.1) is 11.8 Å². The van der Waals surface area contributed by atoms with Gasteiger partial charge in [-0.25, -0.2) is 0 Å². The lowest BCUT2D eigenvalue weighted by atomic mass is 9.99. The largest absolute Gasteiger partial charge is 0.342 e. The highest BCUT2D eigenvalue weighted by atomic mass is 35.5. The molecule has 0 saturated carbocycles. The topological polar surface area (TPSA) is 20.3 Å². The third kappa shape index (κ3) is 3.92. The summed E-state index contributed by atoms with van der Waals surface area (Å²) < 4.78 is 0. The second-order valence-electron chi connectivity index (χ2n) is 4.81. The van der Waals surface area contributed by atoms with E-state index >= 15 is 0 Å². The van der Waals surface area contributed by atoms with Crippen molar-refractivity contribution in [3.8, 4) is 0 Å². The Hall–Kier alpha value is -0.670. The Kier molecular flexibility index (Phi) is 4.95. The van der Waals surface area contributed by atoms with Gasteiger partial charge >= 0.3 is 0 Å². The van der Waals surface area contributed by atoms with Gasteiger partial charge in [-0.1, -0.05) is 18.5 Å². The fourth-order valence-corrected chi connectivity index (χ4v) is 2.95. The van der Waals surface area contributed by atoms with E-state index in [4.69, 9.17) is 11.6 Å². The van der Waals surface area contributed by atoms with E-state index in [9.17, 15) is 4.79 Å². The molecule has 2 nitrogen and oxygen atoms in total. The molecule has 0 bridgehead atoms. The number of piperidine rings is 1. The first-order chi connectivity index (χ1) is 8.65. The molecule has 1 aliphatic heterocycles. The van der Waals surface area contributed by atoms with Crippen molar-refractivity contribution in [3.05, 3.63) is 29.3 Å². The number of hydrogen-bond donors (Lipinski definition) is 0. The van der Waals surface area contributed by atoms with Crippen LogP contribution in [0.15, 0.2) is 29.2 Å². The number of nitrogens with zero attached hydrogens (tertiary/aromatic N) is 1. The molecule has 1 aliphatic rings. The lowest BCUT2D eigenvalue weighted by Crippen LogP contribution is -2.38. The SMILES string of the molecule is CC1CCN(C(=O)CSc2ccc(Cl)cc2)CC1. The minimum absolute atomic E-state index is 0.252. The zero-order valence-corrected chi connectivity index (χ0v) is 12.1. The maximum Gasteiger partial charge on any atom is 0.232 e. The van der Waals surface area contributed by atoms with Crippen LogP contribution < -0.4 is 0 Å². The van der Waals surface area contributed by atoms with Gasteiger partial charge in [-0.2, -0.15) is 0 Å². The van der Waals surface area contributed by atoms with Crippen LogP contribution in [0.25, 0.3) is 0 Å². The first-order valence-corrected chi connectivity index (χ1v) is 7.67. The molecule has 1 aromatic rings. The molecule has 0 aromatic heterocycles. The van der Waals surface area contributed by atoms with Crippen molar-refractivity contribution in [2.24, 2.45) is 5.92 Å². The monoisotopic (exact) mass is 283 g/mol. The van der Waals surface area contributed by atoms with Gasteiger partial charge in [0.25, 0.3) is 0 Å². The quantitative estimate of drug-likeness (QED) is 0.789. The maximum atomic E-state index is 12.0. The standard InChI is InChI=1S/C14H18ClNOS/c1-11-6-8-16(9-7-11)14(17)10-18-13-4-2-12(15)3-5-13/h2-5,11H,6-10H2,1H3. The summed E-state index contributed by atoms with van der Waals surface area (Å²) in [6.45, 7) is 4.09. The molecule has 0 unspecified atom stereocenters. The first-order valence-electron chi connectivity index (χ1n) is 6.31. The van der Waals surface area contributed by atoms with Gasteiger partial charge in [-0.05, 0) is 43.0 Å². The van der Waals surface area contributed by atoms with Crippen LogP contribution in [0.5, 0.6) is 0 Å². The summed E-state index contributed by atoms with van der Waals surface area (Å²) in [4.78, 5) is 15.1. The second-order valence-corrected chi connectivity index (χ2v) is 6.29. The van der Waals surface area contributed by atoms with E-state index in [1.165, 1.54) is 0 Å². The van der Waals surface area contributed by atoms with Crippen molar-refractivity contribution in [1.29, 1.82) is 0 Å². The van der Waals surface area contributed by atoms with Crippen molar-refractivity contribution < 1.29 is 4.79 Å². The van der Waals surface area contributed by atoms with Gasteiger partial charge in [-0.3, -0.25) is 4.79 Å². The Labute approximate surface area is 118 Å². The van der Waals surface area contributed by atoms with Gasteiger partial charge in [0.1, 0.15) is 0 Å². The summed E-state index contributed by atoms with van der Waals surface area (Å²) in [5, 5.41) is 0.732. The number of hydrogen-bond acceptors (Lipinski definition) is 2. The van der Waals surface area contributed by atoms with Crippen LogP contribution >= 0.6 is 23.4 Å². The van der Waals surface area contributed by atoms with E-state index in [1.54, 1.807) is 11.8 Å². The molecule has 0 aliphatic carbocycles. The van der Waals surface area contributed by atoms with Crippen LogP contribution in [0.4, 0.5) is 0 Å². The molecule has 0 atom stereocenters. The predicted octanol–water partition coefficient (Wildman–Crippen LogP) is 3.69. The highest BCUT2D eigenvalue weighted by Gasteiger charge is 2.19. The van der Waals surface area contributed by atoms with Crippen molar-refractivity contribution in [1.82, 2.24) is 4.90 Å². The number of carbonyl (C=O) groups excluding carboxylic acids is 1. The summed E-state index contributed by atoms with van der Waals surface area (Å²) in [6.07, 6.45) is 2.27. The summed E-state index contributed by atoms with van der Waals surface area (Å²) in [6, 6.07) is 7.63. The van der Waals surface area contributed by atoms with Gasteiger partial charge in [0.2, 0.25) is 5.91 Å². The molecule has 18 heavy (non-hydrogen) atoms. The first kappa shape index (κ1) is 13.8. The smallest absolute Gasteiger partial charge is 0.232 e. The van der Waals surface area contributed by atoms with Crippen LogP contribution in [-0.4, -0.2) is 29.6 Å². The zero-order valence-electron chi connectivity index (χ0n) is 10.6. The Morgan fingerprint density at radius 1 is 1.33 bits per heavy atom. The highest BCUT2D eigenvalue weighted by molar-refractivity contribution is 8.00. The van der Waals surface area contributed by atoms with E-state index in [0.717, 1.165) is 41.8 Å². The number of likely N-dealkylation sites (tertiary alicyclic amines) is 1. The lowest BCUT2D eigenvalue weighted by Gasteiger charge is -2.30. The molecule has 1 amide bonds. The number of rotatable bonds is 3. The van der Waals surface area contributed by atoms with Crippen LogP contribution in [0.3, 0.4) is 0 Å². The fourth-order valence-electron chi connectivity index (χ4n) is 2.03. The van der Waals surface area contributed by atoms with Crippen molar-refractivity contribution in [2.45, 2.75) is 24.7 Å². The van der Waals surface area contributed by atoms with E-state index < -0.39 is 0 Å². The maximum absolute atomic E-state index is 12.0. The number of thioether (sulfide) groups is 1. The minimum Gasteiger partial charge on any atom is -0.342 e. The third-order valence-electron chi connectivity index (χ3n) is 3.31. The van der Waals surface area contributed by atoms with E-state index in [0.29, 0.717) is 5.75 Å². The summed E-state index contributed by atoms with van der Waals surface area (Å²) in [5.41, 5.74) is 0. The Morgan fingerprint density at radius 3 is 2.56 bits per heavy atom. The molecule has 2 rings (SSSR count). The number of benzene rings is 1. The Balaban J connectivity index is 1.79. The molecule has 0 spiro atoms. The number of amides is 1. The van der Waals surface area contributed by atoms with Crippen LogP contribution in [0, 0.1) is 5.92 Å². The molecule has 1 fully saturated rings. The van der Waals surface area contributed by atoms with E-state index in [-0.39, 0.29) is 5.91 Å². The average Bonchev–Trinajstić information content (AvgIpc) is 2.38. The molecule has 0 N–H and O–H groups in total. The van der Waals surface area contributed by atoms with Gasteiger partial charge in [0, 0.05) is 23.0 Å². The highest BCUT2D eigenvalue weighted by Crippen LogP contribution is 2.22. The molecular weight excluding hydrogens is 266 g/mol. The summed E-state index contributed by atoms with van der Waals surface area (Å²) in [7, 11) is 0. The lowest BCUT2D eigenvalue weighted by molar-refractivity contribution is -0.129.